The minimum absolute atomic E-state index is 0.0888. The van der Waals surface area contributed by atoms with Gasteiger partial charge in [-0.05, 0) is 5.56 Å². The van der Waals surface area contributed by atoms with E-state index >= 15 is 0 Å². The molecule has 0 saturated carbocycles. The van der Waals surface area contributed by atoms with Gasteiger partial charge in [-0.15, -0.1) is 0 Å². The Morgan fingerprint density at radius 3 is 2.41 bits per heavy atom. The van der Waals surface area contributed by atoms with Crippen molar-refractivity contribution < 1.29 is 14.1 Å². The van der Waals surface area contributed by atoms with Crippen LogP contribution in [0.4, 0.5) is 0 Å². The van der Waals surface area contributed by atoms with Crippen molar-refractivity contribution in [1.82, 2.24) is 5.16 Å². The molecular formula is C18H15NO3. The lowest BCUT2D eigenvalue weighted by Crippen LogP contribution is -2.07. The van der Waals surface area contributed by atoms with E-state index in [4.69, 9.17) is 9.26 Å². The van der Waals surface area contributed by atoms with Gasteiger partial charge in [0.2, 0.25) is 0 Å². The van der Waals surface area contributed by atoms with E-state index in [1.165, 1.54) is 0 Å². The third-order valence-corrected chi connectivity index (χ3v) is 3.20. The molecule has 0 amide bonds. The maximum absolute atomic E-state index is 11.8. The summed E-state index contributed by atoms with van der Waals surface area (Å²) in [6.07, 6.45) is 0.251. The van der Waals surface area contributed by atoms with E-state index in [-0.39, 0.29) is 19.0 Å². The number of aromatic nitrogens is 1. The molecule has 0 N–H and O–H groups in total. The van der Waals surface area contributed by atoms with Crippen LogP contribution in [0.25, 0.3) is 11.3 Å². The summed E-state index contributed by atoms with van der Waals surface area (Å²) < 4.78 is 10.4. The average Bonchev–Trinajstić information content (AvgIpc) is 3.04. The Bertz CT molecular complexity index is 735. The van der Waals surface area contributed by atoms with Crippen molar-refractivity contribution in [1.29, 1.82) is 0 Å². The van der Waals surface area contributed by atoms with Crippen molar-refractivity contribution in [2.45, 2.75) is 13.0 Å². The number of carbonyl (C=O) groups excluding carboxylic acids is 1. The van der Waals surface area contributed by atoms with Crippen LogP contribution in [0.2, 0.25) is 0 Å². The Morgan fingerprint density at radius 1 is 1.00 bits per heavy atom. The first-order valence-electron chi connectivity index (χ1n) is 7.02. The highest BCUT2D eigenvalue weighted by molar-refractivity contribution is 5.72. The number of carbonyl (C=O) groups is 1. The quantitative estimate of drug-likeness (QED) is 0.674. The summed E-state index contributed by atoms with van der Waals surface area (Å²) >= 11 is 0. The molecule has 0 radical (unpaired) electrons. The first kappa shape index (κ1) is 14.1. The van der Waals surface area contributed by atoms with Gasteiger partial charge in [0.1, 0.15) is 5.69 Å². The second kappa shape index (κ2) is 6.72. The molecule has 0 aliphatic heterocycles. The molecule has 3 aromatic rings. The van der Waals surface area contributed by atoms with Gasteiger partial charge in [-0.1, -0.05) is 65.8 Å². The van der Waals surface area contributed by atoms with Crippen LogP contribution in [0.5, 0.6) is 0 Å². The number of ether oxygens (including phenoxy) is 1. The van der Waals surface area contributed by atoms with E-state index in [2.05, 4.69) is 5.16 Å². The second-order valence-electron chi connectivity index (χ2n) is 4.87. The fourth-order valence-corrected chi connectivity index (χ4v) is 2.09. The molecule has 4 heteroatoms. The van der Waals surface area contributed by atoms with E-state index in [1.54, 1.807) is 6.07 Å². The summed E-state index contributed by atoms with van der Waals surface area (Å²) in [6.45, 7) is 0.0888. The molecule has 1 aromatic heterocycles. The number of benzene rings is 2. The third kappa shape index (κ3) is 3.61. The standard InChI is InChI=1S/C18H15NO3/c20-18(11-14-7-3-1-4-8-14)21-13-16-12-17(19-22-16)15-9-5-2-6-10-15/h1-10,12H,11,13H2. The number of hydrogen-bond acceptors (Lipinski definition) is 4. The average molecular weight is 293 g/mol. The van der Waals surface area contributed by atoms with E-state index in [0.717, 1.165) is 16.8 Å². The van der Waals surface area contributed by atoms with Gasteiger partial charge in [0.15, 0.2) is 12.4 Å². The molecule has 3 rings (SSSR count). The van der Waals surface area contributed by atoms with Crippen LogP contribution in [-0.4, -0.2) is 11.1 Å². The van der Waals surface area contributed by atoms with Gasteiger partial charge in [-0.3, -0.25) is 4.79 Å². The van der Waals surface area contributed by atoms with Gasteiger partial charge in [-0.2, -0.15) is 0 Å². The molecule has 2 aromatic carbocycles. The Kier molecular flexibility index (Phi) is 4.30. The zero-order valence-electron chi connectivity index (χ0n) is 11.9. The molecule has 22 heavy (non-hydrogen) atoms. The van der Waals surface area contributed by atoms with Crippen molar-refractivity contribution in [2.24, 2.45) is 0 Å². The number of hydrogen-bond donors (Lipinski definition) is 0. The number of esters is 1. The minimum atomic E-state index is -0.288. The molecular weight excluding hydrogens is 278 g/mol. The van der Waals surface area contributed by atoms with Crippen LogP contribution in [0.1, 0.15) is 11.3 Å². The van der Waals surface area contributed by atoms with Crippen LogP contribution < -0.4 is 0 Å². The van der Waals surface area contributed by atoms with Crippen molar-refractivity contribution in [2.75, 3.05) is 0 Å². The molecule has 0 aliphatic carbocycles. The van der Waals surface area contributed by atoms with Gasteiger partial charge >= 0.3 is 5.97 Å². The zero-order chi connectivity index (χ0) is 15.2. The lowest BCUT2D eigenvalue weighted by molar-refractivity contribution is -0.144. The molecule has 0 fully saturated rings. The topological polar surface area (TPSA) is 52.3 Å². The highest BCUT2D eigenvalue weighted by Gasteiger charge is 2.09. The van der Waals surface area contributed by atoms with Crippen molar-refractivity contribution in [3.05, 3.63) is 78.1 Å². The lowest BCUT2D eigenvalue weighted by atomic mass is 10.1. The van der Waals surface area contributed by atoms with E-state index in [1.807, 2.05) is 60.7 Å². The first-order chi connectivity index (χ1) is 10.8. The highest BCUT2D eigenvalue weighted by Crippen LogP contribution is 2.19. The molecule has 110 valence electrons. The van der Waals surface area contributed by atoms with Crippen LogP contribution in [0, 0.1) is 0 Å². The SMILES string of the molecule is O=C(Cc1ccccc1)OCc1cc(-c2ccccc2)no1. The van der Waals surface area contributed by atoms with E-state index in [0.29, 0.717) is 5.76 Å². The normalized spacial score (nSPS) is 10.4. The van der Waals surface area contributed by atoms with Gasteiger partial charge in [0, 0.05) is 11.6 Å². The molecule has 0 atom stereocenters. The lowest BCUT2D eigenvalue weighted by Gasteiger charge is -2.02. The van der Waals surface area contributed by atoms with Gasteiger partial charge in [0.25, 0.3) is 0 Å². The van der Waals surface area contributed by atoms with Gasteiger partial charge in [-0.25, -0.2) is 0 Å². The summed E-state index contributed by atoms with van der Waals surface area (Å²) in [5.41, 5.74) is 2.62. The Hall–Kier alpha value is -2.88. The van der Waals surface area contributed by atoms with Gasteiger partial charge in [0.05, 0.1) is 6.42 Å². The fourth-order valence-electron chi connectivity index (χ4n) is 2.09. The zero-order valence-corrected chi connectivity index (χ0v) is 11.9. The monoisotopic (exact) mass is 293 g/mol. The Balaban J connectivity index is 1.56. The molecule has 0 aliphatic rings. The molecule has 4 nitrogen and oxygen atoms in total. The molecule has 0 spiro atoms. The summed E-state index contributed by atoms with van der Waals surface area (Å²) in [5.74, 6) is 0.240. The smallest absolute Gasteiger partial charge is 0.310 e. The van der Waals surface area contributed by atoms with Crippen molar-refractivity contribution in [3.63, 3.8) is 0 Å². The van der Waals surface area contributed by atoms with E-state index < -0.39 is 0 Å². The third-order valence-electron chi connectivity index (χ3n) is 3.20. The number of rotatable bonds is 5. The maximum atomic E-state index is 11.8. The summed E-state index contributed by atoms with van der Waals surface area (Å²) in [7, 11) is 0. The summed E-state index contributed by atoms with van der Waals surface area (Å²) in [5, 5.41) is 3.98. The molecule has 0 bridgehead atoms. The predicted molar refractivity (Wildman–Crippen MR) is 81.9 cm³/mol. The van der Waals surface area contributed by atoms with Crippen LogP contribution >= 0.6 is 0 Å². The highest BCUT2D eigenvalue weighted by atomic mass is 16.5. The fraction of sp³-hybridized carbons (Fsp3) is 0.111. The molecule has 1 heterocycles. The molecule has 0 unspecified atom stereocenters. The second-order valence-corrected chi connectivity index (χ2v) is 4.87. The maximum Gasteiger partial charge on any atom is 0.310 e. The van der Waals surface area contributed by atoms with Crippen LogP contribution in [0.15, 0.2) is 71.3 Å². The largest absolute Gasteiger partial charge is 0.457 e. The predicted octanol–water partition coefficient (Wildman–Crippen LogP) is 3.63. The van der Waals surface area contributed by atoms with Crippen LogP contribution in [0.3, 0.4) is 0 Å². The van der Waals surface area contributed by atoms with Crippen LogP contribution in [-0.2, 0) is 22.6 Å². The minimum Gasteiger partial charge on any atom is -0.457 e. The number of nitrogens with zero attached hydrogens (tertiary/aromatic N) is 1. The molecule has 0 saturated heterocycles. The van der Waals surface area contributed by atoms with Crippen molar-refractivity contribution >= 4 is 5.97 Å². The Labute approximate surface area is 128 Å². The van der Waals surface area contributed by atoms with Crippen molar-refractivity contribution in [3.8, 4) is 11.3 Å². The van der Waals surface area contributed by atoms with E-state index in [9.17, 15) is 4.79 Å². The first-order valence-corrected chi connectivity index (χ1v) is 7.02. The summed E-state index contributed by atoms with van der Waals surface area (Å²) in [6, 6.07) is 21.0. The van der Waals surface area contributed by atoms with Gasteiger partial charge < -0.3 is 9.26 Å². The Morgan fingerprint density at radius 2 is 1.68 bits per heavy atom. The summed E-state index contributed by atoms with van der Waals surface area (Å²) in [4.78, 5) is 11.8.